The molecule has 7 heteroatoms. The van der Waals surface area contributed by atoms with Crippen LogP contribution in [0.25, 0.3) is 0 Å². The van der Waals surface area contributed by atoms with E-state index in [-0.39, 0.29) is 23.1 Å². The molecule has 2 N–H and O–H groups in total. The maximum Gasteiger partial charge on any atom is 0.274 e. The van der Waals surface area contributed by atoms with Crippen molar-refractivity contribution in [2.45, 2.75) is 19.4 Å². The summed E-state index contributed by atoms with van der Waals surface area (Å²) >= 11 is 0. The molecule has 0 bridgehead atoms. The average Bonchev–Trinajstić information content (AvgIpc) is 2.33. The van der Waals surface area contributed by atoms with Crippen molar-refractivity contribution < 1.29 is 9.59 Å². The van der Waals surface area contributed by atoms with Crippen molar-refractivity contribution in [1.29, 1.82) is 0 Å². The van der Waals surface area contributed by atoms with E-state index < -0.39 is 5.54 Å². The number of nitrogens with zero attached hydrogens (tertiary/aromatic N) is 2. The quantitative estimate of drug-likeness (QED) is 0.676. The molecular weight excluding hydrogens is 236 g/mol. The molecule has 0 atom stereocenters. The molecule has 0 aliphatic carbocycles. The van der Waals surface area contributed by atoms with Crippen LogP contribution in [0.3, 0.4) is 0 Å². The maximum absolute atomic E-state index is 12.2. The van der Waals surface area contributed by atoms with E-state index >= 15 is 0 Å². The molecule has 0 aromatic carbocycles. The van der Waals surface area contributed by atoms with E-state index in [1.807, 2.05) is 0 Å². The van der Waals surface area contributed by atoms with Crippen LogP contribution in [0.2, 0.25) is 0 Å². The lowest BCUT2D eigenvalue weighted by Crippen LogP contribution is -2.63. The highest BCUT2D eigenvalue weighted by atomic mass is 16.2. The second-order valence-electron chi connectivity index (χ2n) is 4.57. The first-order valence-electron chi connectivity index (χ1n) is 5.58. The van der Waals surface area contributed by atoms with Crippen molar-refractivity contribution in [2.75, 3.05) is 13.1 Å². The van der Waals surface area contributed by atoms with Crippen LogP contribution in [0.1, 0.15) is 24.3 Å². The minimum atomic E-state index is -0.923. The van der Waals surface area contributed by atoms with Crippen molar-refractivity contribution in [2.24, 2.45) is 0 Å². The van der Waals surface area contributed by atoms with E-state index in [1.165, 1.54) is 11.1 Å². The third-order valence-electron chi connectivity index (χ3n) is 2.99. The van der Waals surface area contributed by atoms with Crippen LogP contribution in [0, 0.1) is 0 Å². The fraction of sp³-hybridized carbons (Fsp3) is 0.455. The molecule has 1 fully saturated rings. The van der Waals surface area contributed by atoms with E-state index in [1.54, 1.807) is 13.8 Å². The molecule has 0 spiro atoms. The van der Waals surface area contributed by atoms with Crippen molar-refractivity contribution in [1.82, 2.24) is 20.2 Å². The van der Waals surface area contributed by atoms with Crippen molar-refractivity contribution in [3.8, 4) is 0 Å². The van der Waals surface area contributed by atoms with Gasteiger partial charge in [-0.3, -0.25) is 14.4 Å². The molecule has 18 heavy (non-hydrogen) atoms. The fourth-order valence-corrected chi connectivity index (χ4v) is 1.85. The molecule has 1 aliphatic rings. The number of aromatic nitrogens is 2. The van der Waals surface area contributed by atoms with Crippen LogP contribution in [-0.4, -0.2) is 45.3 Å². The second kappa shape index (κ2) is 4.25. The van der Waals surface area contributed by atoms with E-state index in [2.05, 4.69) is 15.3 Å². The molecule has 2 heterocycles. The lowest BCUT2D eigenvalue weighted by molar-refractivity contribution is -0.133. The molecule has 0 unspecified atom stereocenters. The molecule has 0 radical (unpaired) electrons. The number of carbonyl (C=O) groups is 2. The summed E-state index contributed by atoms with van der Waals surface area (Å²) in [7, 11) is 0. The third kappa shape index (κ3) is 1.99. The monoisotopic (exact) mass is 250 g/mol. The Bertz CT molecular complexity index is 529. The van der Waals surface area contributed by atoms with Gasteiger partial charge in [-0.2, -0.15) is 0 Å². The van der Waals surface area contributed by atoms with Gasteiger partial charge >= 0.3 is 0 Å². The number of nitrogens with one attached hydrogen (secondary N) is 2. The minimum absolute atomic E-state index is 0.123. The van der Waals surface area contributed by atoms with E-state index in [0.717, 1.165) is 6.20 Å². The summed E-state index contributed by atoms with van der Waals surface area (Å²) in [4.78, 5) is 42.5. The maximum atomic E-state index is 12.2. The van der Waals surface area contributed by atoms with Crippen LogP contribution >= 0.6 is 0 Å². The van der Waals surface area contributed by atoms with Gasteiger partial charge in [-0.05, 0) is 13.8 Å². The van der Waals surface area contributed by atoms with Gasteiger partial charge in [0.15, 0.2) is 0 Å². The molecule has 1 aliphatic heterocycles. The summed E-state index contributed by atoms with van der Waals surface area (Å²) < 4.78 is 0. The first-order valence-corrected chi connectivity index (χ1v) is 5.58. The number of H-pyrrole nitrogens is 1. The first kappa shape index (κ1) is 12.3. The Kier molecular flexibility index (Phi) is 2.90. The Morgan fingerprint density at radius 2 is 2.17 bits per heavy atom. The first-order chi connectivity index (χ1) is 8.43. The molecule has 1 aromatic heterocycles. The second-order valence-corrected chi connectivity index (χ2v) is 4.57. The van der Waals surface area contributed by atoms with Gasteiger partial charge in [0, 0.05) is 19.3 Å². The molecule has 1 saturated heterocycles. The van der Waals surface area contributed by atoms with Gasteiger partial charge in [0.2, 0.25) is 5.91 Å². The summed E-state index contributed by atoms with van der Waals surface area (Å²) in [6, 6.07) is 0. The highest BCUT2D eigenvalue weighted by Gasteiger charge is 2.41. The Morgan fingerprint density at radius 3 is 2.78 bits per heavy atom. The lowest BCUT2D eigenvalue weighted by Gasteiger charge is -2.40. The van der Waals surface area contributed by atoms with E-state index in [9.17, 15) is 14.4 Å². The van der Waals surface area contributed by atoms with Crippen LogP contribution in [0.4, 0.5) is 0 Å². The Morgan fingerprint density at radius 1 is 1.44 bits per heavy atom. The van der Waals surface area contributed by atoms with Gasteiger partial charge in [-0.15, -0.1) is 0 Å². The van der Waals surface area contributed by atoms with Crippen LogP contribution < -0.4 is 10.9 Å². The molecule has 96 valence electrons. The molecule has 7 nitrogen and oxygen atoms in total. The van der Waals surface area contributed by atoms with Gasteiger partial charge in [0.25, 0.3) is 11.5 Å². The predicted molar refractivity (Wildman–Crippen MR) is 63.0 cm³/mol. The van der Waals surface area contributed by atoms with E-state index in [0.29, 0.717) is 13.1 Å². The van der Waals surface area contributed by atoms with Crippen molar-refractivity contribution in [3.05, 3.63) is 28.4 Å². The summed E-state index contributed by atoms with van der Waals surface area (Å²) in [6.07, 6.45) is 2.30. The summed E-state index contributed by atoms with van der Waals surface area (Å²) in [5.41, 5.74) is -1.17. The largest absolute Gasteiger partial charge is 0.352 e. The minimum Gasteiger partial charge on any atom is -0.352 e. The summed E-state index contributed by atoms with van der Waals surface area (Å²) in [6.45, 7) is 4.17. The number of rotatable bonds is 1. The number of piperazine rings is 1. The van der Waals surface area contributed by atoms with Crippen molar-refractivity contribution >= 4 is 11.8 Å². The SMILES string of the molecule is CC1(C)C(=O)NCCN1C(=O)c1c[nH]c(=O)cn1. The Hall–Kier alpha value is -2.18. The number of hydrogen-bond acceptors (Lipinski definition) is 4. The molecule has 1 aromatic rings. The topological polar surface area (TPSA) is 95.2 Å². The highest BCUT2D eigenvalue weighted by Crippen LogP contribution is 2.19. The molecule has 2 rings (SSSR count). The fourth-order valence-electron chi connectivity index (χ4n) is 1.85. The van der Waals surface area contributed by atoms with Crippen LogP contribution in [0.15, 0.2) is 17.2 Å². The van der Waals surface area contributed by atoms with Crippen molar-refractivity contribution in [3.63, 3.8) is 0 Å². The normalized spacial score (nSPS) is 18.3. The Balaban J connectivity index is 2.30. The lowest BCUT2D eigenvalue weighted by atomic mass is 9.98. The number of carbonyl (C=O) groups excluding carboxylic acids is 2. The number of amides is 2. The van der Waals surface area contributed by atoms with Gasteiger partial charge in [-0.1, -0.05) is 0 Å². The molecule has 0 saturated carbocycles. The standard InChI is InChI=1S/C11H14N4O3/c1-11(2)10(18)12-3-4-15(11)9(17)7-5-14-8(16)6-13-7/h5-6H,3-4H2,1-2H3,(H,12,18)(H,14,16). The zero-order chi connectivity index (χ0) is 13.3. The van der Waals surface area contributed by atoms with Gasteiger partial charge in [0.1, 0.15) is 11.2 Å². The van der Waals surface area contributed by atoms with Crippen LogP contribution in [-0.2, 0) is 4.79 Å². The average molecular weight is 250 g/mol. The summed E-state index contributed by atoms with van der Waals surface area (Å²) in [5.74, 6) is -0.572. The predicted octanol–water partition coefficient (Wildman–Crippen LogP) is -0.879. The highest BCUT2D eigenvalue weighted by molar-refractivity contribution is 5.98. The number of aromatic amines is 1. The Labute approximate surface area is 103 Å². The van der Waals surface area contributed by atoms with Crippen LogP contribution in [0.5, 0.6) is 0 Å². The summed E-state index contributed by atoms with van der Waals surface area (Å²) in [5, 5.41) is 2.71. The van der Waals surface area contributed by atoms with E-state index in [4.69, 9.17) is 0 Å². The zero-order valence-corrected chi connectivity index (χ0v) is 10.2. The van der Waals surface area contributed by atoms with Gasteiger partial charge in [-0.25, -0.2) is 4.98 Å². The number of hydrogen-bond donors (Lipinski definition) is 2. The third-order valence-corrected chi connectivity index (χ3v) is 2.99. The smallest absolute Gasteiger partial charge is 0.274 e. The molecule has 2 amide bonds. The zero-order valence-electron chi connectivity index (χ0n) is 10.2. The van der Waals surface area contributed by atoms with Gasteiger partial charge < -0.3 is 15.2 Å². The molecular formula is C11H14N4O3. The van der Waals surface area contributed by atoms with Gasteiger partial charge in [0.05, 0.1) is 6.20 Å².